The number of carbonyl (C=O) groups is 2. The SMILES string of the molecule is CC(C)(C)Cc1cnc2c(c1)[C@@H](NC(=O)OC(C)(C)C)CC1(CNC(=O)C1)O2. The number of alkyl carbamates (subject to hydrolysis) is 1. The fourth-order valence-electron chi connectivity index (χ4n) is 3.76. The van der Waals surface area contributed by atoms with E-state index in [1.807, 2.05) is 33.0 Å². The molecular formula is C21H31N3O4. The molecular weight excluding hydrogens is 358 g/mol. The van der Waals surface area contributed by atoms with Gasteiger partial charge in [-0.15, -0.1) is 0 Å². The molecule has 1 aromatic rings. The van der Waals surface area contributed by atoms with E-state index < -0.39 is 17.3 Å². The van der Waals surface area contributed by atoms with Gasteiger partial charge in [-0.3, -0.25) is 4.79 Å². The van der Waals surface area contributed by atoms with Crippen LogP contribution >= 0.6 is 0 Å². The maximum absolute atomic E-state index is 12.4. The Balaban J connectivity index is 1.90. The van der Waals surface area contributed by atoms with Gasteiger partial charge in [-0.25, -0.2) is 9.78 Å². The predicted octanol–water partition coefficient (Wildman–Crippen LogP) is 3.28. The highest BCUT2D eigenvalue weighted by Gasteiger charge is 2.47. The first-order valence-corrected chi connectivity index (χ1v) is 9.78. The van der Waals surface area contributed by atoms with E-state index in [0.29, 0.717) is 18.8 Å². The molecule has 3 rings (SSSR count). The van der Waals surface area contributed by atoms with Gasteiger partial charge in [0.15, 0.2) is 0 Å². The molecule has 1 unspecified atom stereocenters. The average Bonchev–Trinajstić information content (AvgIpc) is 2.84. The molecule has 1 spiro atoms. The van der Waals surface area contributed by atoms with E-state index in [1.54, 1.807) is 0 Å². The zero-order valence-electron chi connectivity index (χ0n) is 17.6. The molecule has 3 heterocycles. The Labute approximate surface area is 166 Å². The fraction of sp³-hybridized carbons (Fsp3) is 0.667. The van der Waals surface area contributed by atoms with Crippen LogP contribution < -0.4 is 15.4 Å². The quantitative estimate of drug-likeness (QED) is 0.810. The molecule has 7 heteroatoms. The van der Waals surface area contributed by atoms with Crippen molar-refractivity contribution in [3.8, 4) is 5.88 Å². The lowest BCUT2D eigenvalue weighted by Crippen LogP contribution is -2.47. The average molecular weight is 389 g/mol. The van der Waals surface area contributed by atoms with Gasteiger partial charge in [0.2, 0.25) is 11.8 Å². The number of nitrogens with one attached hydrogen (secondary N) is 2. The molecule has 0 aliphatic carbocycles. The molecule has 1 saturated heterocycles. The first-order valence-electron chi connectivity index (χ1n) is 9.78. The zero-order chi connectivity index (χ0) is 20.7. The second-order valence-electron chi connectivity index (χ2n) is 10.1. The summed E-state index contributed by atoms with van der Waals surface area (Å²) in [5.74, 6) is 0.422. The maximum Gasteiger partial charge on any atom is 0.408 e. The Morgan fingerprint density at radius 2 is 2.07 bits per heavy atom. The summed E-state index contributed by atoms with van der Waals surface area (Å²) >= 11 is 0. The van der Waals surface area contributed by atoms with Gasteiger partial charge >= 0.3 is 6.09 Å². The maximum atomic E-state index is 12.4. The van der Waals surface area contributed by atoms with Crippen molar-refractivity contribution >= 4 is 12.0 Å². The van der Waals surface area contributed by atoms with Crippen molar-refractivity contribution in [1.82, 2.24) is 15.6 Å². The van der Waals surface area contributed by atoms with Gasteiger partial charge in [0.25, 0.3) is 0 Å². The predicted molar refractivity (Wildman–Crippen MR) is 105 cm³/mol. The van der Waals surface area contributed by atoms with Gasteiger partial charge in [0, 0.05) is 18.2 Å². The highest BCUT2D eigenvalue weighted by molar-refractivity contribution is 5.80. The Morgan fingerprint density at radius 3 is 2.64 bits per heavy atom. The number of amides is 2. The Kier molecular flexibility index (Phi) is 5.06. The number of aromatic nitrogens is 1. The first-order chi connectivity index (χ1) is 12.8. The third-order valence-electron chi connectivity index (χ3n) is 4.72. The summed E-state index contributed by atoms with van der Waals surface area (Å²) in [6.45, 7) is 12.4. The van der Waals surface area contributed by atoms with E-state index in [9.17, 15) is 9.59 Å². The van der Waals surface area contributed by atoms with Crippen LogP contribution in [0.2, 0.25) is 0 Å². The molecule has 2 atom stereocenters. The summed E-state index contributed by atoms with van der Waals surface area (Å²) in [7, 11) is 0. The summed E-state index contributed by atoms with van der Waals surface area (Å²) in [5, 5.41) is 5.80. The number of ether oxygens (including phenoxy) is 2. The highest BCUT2D eigenvalue weighted by atomic mass is 16.6. The van der Waals surface area contributed by atoms with Crippen LogP contribution in [0.25, 0.3) is 0 Å². The second kappa shape index (κ2) is 6.94. The van der Waals surface area contributed by atoms with Crippen LogP contribution in [0.1, 0.15) is 71.6 Å². The van der Waals surface area contributed by atoms with Gasteiger partial charge in [-0.2, -0.15) is 0 Å². The van der Waals surface area contributed by atoms with Gasteiger partial charge in [0.05, 0.1) is 19.0 Å². The number of hydrogen-bond donors (Lipinski definition) is 2. The zero-order valence-corrected chi connectivity index (χ0v) is 17.6. The lowest BCUT2D eigenvalue weighted by Gasteiger charge is -2.38. The van der Waals surface area contributed by atoms with Crippen molar-refractivity contribution < 1.29 is 19.1 Å². The van der Waals surface area contributed by atoms with Crippen molar-refractivity contribution in [2.45, 2.75) is 78.0 Å². The van der Waals surface area contributed by atoms with Crippen LogP contribution in [0.4, 0.5) is 4.79 Å². The van der Waals surface area contributed by atoms with Gasteiger partial charge in [-0.1, -0.05) is 20.8 Å². The van der Waals surface area contributed by atoms with E-state index in [0.717, 1.165) is 17.5 Å². The van der Waals surface area contributed by atoms with Crippen LogP contribution in [-0.2, 0) is 16.0 Å². The molecule has 1 fully saturated rings. The van der Waals surface area contributed by atoms with E-state index in [1.165, 1.54) is 0 Å². The molecule has 2 amide bonds. The number of nitrogens with zero attached hydrogens (tertiary/aromatic N) is 1. The number of hydrogen-bond acceptors (Lipinski definition) is 5. The summed E-state index contributed by atoms with van der Waals surface area (Å²) < 4.78 is 11.6. The molecule has 154 valence electrons. The standard InChI is InChI=1S/C21H31N3O4/c1-19(2,3)8-13-7-14-15(24-18(26)28-20(4,5)6)9-21(10-16(25)23-12-21)27-17(14)22-11-13/h7,11,15H,8-10,12H2,1-6H3,(H,23,25)(H,24,26)/t15-,21?/m0/s1. The summed E-state index contributed by atoms with van der Waals surface area (Å²) in [5.41, 5.74) is 0.748. The Hall–Kier alpha value is -2.31. The summed E-state index contributed by atoms with van der Waals surface area (Å²) in [4.78, 5) is 28.8. The minimum Gasteiger partial charge on any atom is -0.468 e. The van der Waals surface area contributed by atoms with E-state index in [4.69, 9.17) is 9.47 Å². The minimum atomic E-state index is -0.692. The summed E-state index contributed by atoms with van der Waals surface area (Å²) in [6.07, 6.45) is 2.93. The lowest BCUT2D eigenvalue weighted by atomic mass is 9.85. The van der Waals surface area contributed by atoms with Crippen LogP contribution in [0.5, 0.6) is 5.88 Å². The van der Waals surface area contributed by atoms with E-state index in [2.05, 4.69) is 36.4 Å². The van der Waals surface area contributed by atoms with Crippen molar-refractivity contribution in [2.24, 2.45) is 5.41 Å². The minimum absolute atomic E-state index is 0.0520. The molecule has 0 saturated carbocycles. The van der Waals surface area contributed by atoms with Crippen molar-refractivity contribution in [3.63, 3.8) is 0 Å². The fourth-order valence-corrected chi connectivity index (χ4v) is 3.76. The Morgan fingerprint density at radius 1 is 1.36 bits per heavy atom. The number of carbonyl (C=O) groups excluding carboxylic acids is 2. The van der Waals surface area contributed by atoms with Crippen LogP contribution in [0.3, 0.4) is 0 Å². The van der Waals surface area contributed by atoms with Crippen LogP contribution in [0.15, 0.2) is 12.3 Å². The Bertz CT molecular complexity index is 779. The van der Waals surface area contributed by atoms with E-state index in [-0.39, 0.29) is 23.8 Å². The second-order valence-corrected chi connectivity index (χ2v) is 10.1. The number of fused-ring (bicyclic) bond motifs is 1. The largest absolute Gasteiger partial charge is 0.468 e. The third kappa shape index (κ3) is 4.94. The molecule has 2 aliphatic heterocycles. The lowest BCUT2D eigenvalue weighted by molar-refractivity contribution is -0.120. The van der Waals surface area contributed by atoms with Crippen LogP contribution in [-0.4, -0.2) is 34.7 Å². The molecule has 0 bridgehead atoms. The highest BCUT2D eigenvalue weighted by Crippen LogP contribution is 2.42. The molecule has 28 heavy (non-hydrogen) atoms. The number of rotatable bonds is 2. The topological polar surface area (TPSA) is 89.5 Å². The number of pyridine rings is 1. The summed E-state index contributed by atoms with van der Waals surface area (Å²) in [6, 6.07) is 1.71. The van der Waals surface area contributed by atoms with Crippen molar-refractivity contribution in [2.75, 3.05) is 6.54 Å². The van der Waals surface area contributed by atoms with Crippen LogP contribution in [0, 0.1) is 5.41 Å². The molecule has 0 radical (unpaired) electrons. The monoisotopic (exact) mass is 389 g/mol. The van der Waals surface area contributed by atoms with Gasteiger partial charge in [-0.05, 0) is 44.2 Å². The van der Waals surface area contributed by atoms with Gasteiger partial charge in [0.1, 0.15) is 11.2 Å². The van der Waals surface area contributed by atoms with Gasteiger partial charge < -0.3 is 20.1 Å². The molecule has 1 aromatic heterocycles. The molecule has 7 nitrogen and oxygen atoms in total. The normalized spacial score (nSPS) is 24.4. The molecule has 2 N–H and O–H groups in total. The molecule has 2 aliphatic rings. The van der Waals surface area contributed by atoms with E-state index >= 15 is 0 Å². The third-order valence-corrected chi connectivity index (χ3v) is 4.72. The first kappa shape index (κ1) is 20.4. The van der Waals surface area contributed by atoms with Crippen molar-refractivity contribution in [1.29, 1.82) is 0 Å². The smallest absolute Gasteiger partial charge is 0.408 e. The van der Waals surface area contributed by atoms with Crippen molar-refractivity contribution in [3.05, 3.63) is 23.4 Å². The molecule has 0 aromatic carbocycles.